The molecule has 0 aliphatic carbocycles. The van der Waals surface area contributed by atoms with Gasteiger partial charge in [-0.15, -0.1) is 17.6 Å². The molecule has 194 valence electrons. The predicted molar refractivity (Wildman–Crippen MR) is 142 cm³/mol. The van der Waals surface area contributed by atoms with Crippen LogP contribution >= 0.6 is 12.1 Å². The first-order valence-corrected chi connectivity index (χ1v) is 12.5. The summed E-state index contributed by atoms with van der Waals surface area (Å²) in [5.41, 5.74) is 2.82. The van der Waals surface area contributed by atoms with Crippen molar-refractivity contribution in [3.63, 3.8) is 0 Å². The quantitative estimate of drug-likeness (QED) is 0.165. The Balaban J connectivity index is 1.45. The zero-order valence-electron chi connectivity index (χ0n) is 20.3. The van der Waals surface area contributed by atoms with E-state index in [2.05, 4.69) is 21.8 Å². The highest BCUT2D eigenvalue weighted by atomic mass is 32.2. The van der Waals surface area contributed by atoms with Crippen LogP contribution in [0.5, 0.6) is 5.75 Å². The molecular formula is C28H28F3N3O2S. The number of halogens is 3. The van der Waals surface area contributed by atoms with E-state index < -0.39 is 6.36 Å². The SMILES string of the molecule is CN(CCN(O)SN(Cc1ccc(OC(F)(F)F)cc1)c1ccc2ccccc2c1)Cc1ccccc1. The average molecular weight is 528 g/mol. The van der Waals surface area contributed by atoms with E-state index in [1.54, 1.807) is 12.1 Å². The molecule has 0 radical (unpaired) electrons. The molecule has 0 spiro atoms. The molecule has 0 fully saturated rings. The summed E-state index contributed by atoms with van der Waals surface area (Å²) in [4.78, 5) is 2.12. The van der Waals surface area contributed by atoms with Crippen LogP contribution in [0.2, 0.25) is 0 Å². The van der Waals surface area contributed by atoms with Gasteiger partial charge in [0.2, 0.25) is 0 Å². The monoisotopic (exact) mass is 527 g/mol. The molecule has 0 saturated carbocycles. The summed E-state index contributed by atoms with van der Waals surface area (Å²) >= 11 is 1.15. The van der Waals surface area contributed by atoms with Crippen molar-refractivity contribution in [1.82, 2.24) is 9.37 Å². The van der Waals surface area contributed by atoms with Crippen LogP contribution in [0.4, 0.5) is 18.9 Å². The first-order chi connectivity index (χ1) is 17.7. The molecule has 0 atom stereocenters. The summed E-state index contributed by atoms with van der Waals surface area (Å²) in [5.74, 6) is -0.272. The zero-order valence-corrected chi connectivity index (χ0v) is 21.1. The van der Waals surface area contributed by atoms with E-state index in [0.717, 1.165) is 40.7 Å². The summed E-state index contributed by atoms with van der Waals surface area (Å²) in [6, 6.07) is 29.8. The highest BCUT2D eigenvalue weighted by Gasteiger charge is 2.31. The number of rotatable bonds is 11. The number of anilines is 1. The fourth-order valence-electron chi connectivity index (χ4n) is 3.85. The van der Waals surface area contributed by atoms with Crippen LogP contribution in [0, 0.1) is 0 Å². The van der Waals surface area contributed by atoms with Gasteiger partial charge in [0, 0.05) is 25.3 Å². The lowest BCUT2D eigenvalue weighted by atomic mass is 10.1. The largest absolute Gasteiger partial charge is 0.573 e. The van der Waals surface area contributed by atoms with Crippen molar-refractivity contribution in [2.45, 2.75) is 19.5 Å². The van der Waals surface area contributed by atoms with Gasteiger partial charge in [-0.05, 0) is 53.2 Å². The molecule has 0 unspecified atom stereocenters. The maximum absolute atomic E-state index is 12.5. The Morgan fingerprint density at radius 1 is 0.757 bits per heavy atom. The predicted octanol–water partition coefficient (Wildman–Crippen LogP) is 7.13. The molecule has 4 aromatic rings. The number of nitrogens with zero attached hydrogens (tertiary/aromatic N) is 3. The first kappa shape index (κ1) is 26.8. The van der Waals surface area contributed by atoms with Crippen molar-refractivity contribution < 1.29 is 23.1 Å². The van der Waals surface area contributed by atoms with Gasteiger partial charge in [-0.2, -0.15) is 0 Å². The summed E-state index contributed by atoms with van der Waals surface area (Å²) in [7, 11) is 2.00. The van der Waals surface area contributed by atoms with Crippen molar-refractivity contribution in [2.24, 2.45) is 0 Å². The normalized spacial score (nSPS) is 11.9. The number of fused-ring (bicyclic) bond motifs is 1. The van der Waals surface area contributed by atoms with Crippen LogP contribution in [0.1, 0.15) is 11.1 Å². The Morgan fingerprint density at radius 3 is 2.11 bits per heavy atom. The van der Waals surface area contributed by atoms with Gasteiger partial charge in [0.1, 0.15) is 5.75 Å². The molecule has 9 heteroatoms. The number of ether oxygens (including phenoxy) is 1. The van der Waals surface area contributed by atoms with Crippen molar-refractivity contribution in [3.05, 3.63) is 108 Å². The number of alkyl halides is 3. The average Bonchev–Trinajstić information content (AvgIpc) is 2.88. The molecule has 0 saturated heterocycles. The molecular weight excluding hydrogens is 499 g/mol. The van der Waals surface area contributed by atoms with E-state index in [0.29, 0.717) is 19.6 Å². The van der Waals surface area contributed by atoms with Crippen molar-refractivity contribution in [3.8, 4) is 5.75 Å². The fraction of sp³-hybridized carbons (Fsp3) is 0.214. The lowest BCUT2D eigenvalue weighted by Crippen LogP contribution is -2.30. The van der Waals surface area contributed by atoms with Crippen LogP contribution in [0.3, 0.4) is 0 Å². The minimum absolute atomic E-state index is 0.272. The molecule has 37 heavy (non-hydrogen) atoms. The van der Waals surface area contributed by atoms with E-state index >= 15 is 0 Å². The summed E-state index contributed by atoms with van der Waals surface area (Å²) < 4.78 is 44.6. The second-order valence-electron chi connectivity index (χ2n) is 8.64. The summed E-state index contributed by atoms with van der Waals surface area (Å²) in [5, 5.41) is 12.9. The molecule has 0 aliphatic rings. The smallest absolute Gasteiger partial charge is 0.406 e. The van der Waals surface area contributed by atoms with E-state index in [1.807, 2.05) is 72.0 Å². The topological polar surface area (TPSA) is 39.2 Å². The zero-order chi connectivity index (χ0) is 26.3. The van der Waals surface area contributed by atoms with Crippen LogP contribution in [0.15, 0.2) is 97.1 Å². The lowest BCUT2D eigenvalue weighted by molar-refractivity contribution is -0.274. The summed E-state index contributed by atoms with van der Waals surface area (Å²) in [6.45, 7) is 2.14. The van der Waals surface area contributed by atoms with Gasteiger partial charge < -0.3 is 14.8 Å². The molecule has 0 bridgehead atoms. The van der Waals surface area contributed by atoms with Crippen LogP contribution in [-0.4, -0.2) is 41.1 Å². The third-order valence-corrected chi connectivity index (χ3v) is 6.57. The summed E-state index contributed by atoms with van der Waals surface area (Å²) in [6.07, 6.45) is -4.74. The number of likely N-dealkylation sites (N-methyl/N-ethyl adjacent to an activating group) is 1. The van der Waals surface area contributed by atoms with E-state index in [9.17, 15) is 18.4 Å². The molecule has 0 amide bonds. The van der Waals surface area contributed by atoms with Crippen molar-refractivity contribution in [2.75, 3.05) is 24.4 Å². The molecule has 1 N–H and O–H groups in total. The van der Waals surface area contributed by atoms with Crippen molar-refractivity contribution >= 4 is 28.6 Å². The van der Waals surface area contributed by atoms with Gasteiger partial charge in [0.05, 0.1) is 18.7 Å². The van der Waals surface area contributed by atoms with Crippen molar-refractivity contribution in [1.29, 1.82) is 0 Å². The van der Waals surface area contributed by atoms with Gasteiger partial charge in [-0.3, -0.25) is 4.31 Å². The third kappa shape index (κ3) is 8.40. The minimum Gasteiger partial charge on any atom is -0.406 e. The van der Waals surface area contributed by atoms with Crippen LogP contribution in [-0.2, 0) is 13.1 Å². The van der Waals surface area contributed by atoms with E-state index in [4.69, 9.17) is 0 Å². The second kappa shape index (κ2) is 12.3. The van der Waals surface area contributed by atoms with E-state index in [1.165, 1.54) is 22.2 Å². The highest BCUT2D eigenvalue weighted by molar-refractivity contribution is 7.98. The molecule has 4 rings (SSSR count). The number of hydrogen-bond donors (Lipinski definition) is 1. The molecule has 0 aliphatic heterocycles. The van der Waals surface area contributed by atoms with Gasteiger partial charge in [0.15, 0.2) is 0 Å². The number of hydroxylamine groups is 1. The lowest BCUT2D eigenvalue weighted by Gasteiger charge is -2.28. The first-order valence-electron chi connectivity index (χ1n) is 11.7. The second-order valence-corrected chi connectivity index (χ2v) is 9.67. The van der Waals surface area contributed by atoms with Gasteiger partial charge in [0.25, 0.3) is 0 Å². The van der Waals surface area contributed by atoms with Crippen LogP contribution < -0.4 is 9.04 Å². The Bertz CT molecular complexity index is 1270. The maximum atomic E-state index is 12.5. The minimum atomic E-state index is -4.74. The maximum Gasteiger partial charge on any atom is 0.573 e. The highest BCUT2D eigenvalue weighted by Crippen LogP contribution is 2.31. The molecule has 0 heterocycles. The number of hydrogen-bond acceptors (Lipinski definition) is 6. The van der Waals surface area contributed by atoms with E-state index in [-0.39, 0.29) is 5.75 Å². The third-order valence-electron chi connectivity index (χ3n) is 5.67. The van der Waals surface area contributed by atoms with Gasteiger partial charge in [-0.25, -0.2) is 0 Å². The molecule has 0 aromatic heterocycles. The van der Waals surface area contributed by atoms with Gasteiger partial charge in [-0.1, -0.05) is 72.8 Å². The molecule has 4 aromatic carbocycles. The van der Waals surface area contributed by atoms with Gasteiger partial charge >= 0.3 is 6.36 Å². The standard InChI is InChI=1S/C28H28F3N3O2S/c1-32(20-22-7-3-2-4-8-22)17-18-34(35)37-33(26-14-13-24-9-5-6-10-25(24)19-26)21-23-11-15-27(16-12-23)36-28(29,30)31/h2-16,19,35H,17-18,20-21H2,1H3. The number of benzene rings is 4. The Kier molecular flexibility index (Phi) is 8.94. The Morgan fingerprint density at radius 2 is 1.41 bits per heavy atom. The Hall–Kier alpha value is -3.24. The van der Waals surface area contributed by atoms with Crippen LogP contribution in [0.25, 0.3) is 10.8 Å². The fourth-order valence-corrected chi connectivity index (χ4v) is 4.65. The molecule has 5 nitrogen and oxygen atoms in total. The Labute approximate surface area is 218 Å².